The van der Waals surface area contributed by atoms with Crippen molar-refractivity contribution in [3.05, 3.63) is 58.0 Å². The van der Waals surface area contributed by atoms with Crippen LogP contribution in [0.2, 0.25) is 0 Å². The second-order valence-corrected chi connectivity index (χ2v) is 10.3. The molecule has 10 heteroatoms. The monoisotopic (exact) mass is 521 g/mol. The lowest BCUT2D eigenvalue weighted by atomic mass is 9.96. The quantitative estimate of drug-likeness (QED) is 0.583. The van der Waals surface area contributed by atoms with Crippen molar-refractivity contribution in [1.82, 2.24) is 14.8 Å². The molecule has 2 aliphatic heterocycles. The molecule has 0 unspecified atom stereocenters. The summed E-state index contributed by atoms with van der Waals surface area (Å²) in [4.78, 5) is 66.1. The van der Waals surface area contributed by atoms with Crippen molar-refractivity contribution in [1.29, 1.82) is 0 Å². The zero-order valence-electron chi connectivity index (χ0n) is 22.2. The van der Waals surface area contributed by atoms with Crippen LogP contribution in [0, 0.1) is 11.8 Å². The lowest BCUT2D eigenvalue weighted by Gasteiger charge is -2.32. The molecule has 1 aromatic carbocycles. The van der Waals surface area contributed by atoms with Gasteiger partial charge in [0.25, 0.3) is 11.5 Å². The molecule has 0 atom stereocenters. The van der Waals surface area contributed by atoms with Crippen LogP contribution >= 0.6 is 0 Å². The van der Waals surface area contributed by atoms with Crippen molar-refractivity contribution in [3.63, 3.8) is 0 Å². The van der Waals surface area contributed by atoms with Crippen molar-refractivity contribution >= 4 is 35.0 Å². The third-order valence-electron chi connectivity index (χ3n) is 7.23. The first-order valence-electron chi connectivity index (χ1n) is 13.1. The predicted octanol–water partition coefficient (Wildman–Crippen LogP) is 1.93. The highest BCUT2D eigenvalue weighted by Gasteiger charge is 2.27. The van der Waals surface area contributed by atoms with Crippen LogP contribution in [-0.4, -0.2) is 59.3 Å². The molecule has 0 aliphatic carbocycles. The SMILES string of the molecule is CC(C)C(=O)N1CCCc2ccc(NC(=O)C(=O)NCC3CCN(C(=O)c4cccn(C)c4=O)CC3)cc21. The number of carbonyl (C=O) groups is 4. The smallest absolute Gasteiger partial charge is 0.313 e. The van der Waals surface area contributed by atoms with Gasteiger partial charge >= 0.3 is 11.8 Å². The van der Waals surface area contributed by atoms with Gasteiger partial charge in [0.15, 0.2) is 0 Å². The van der Waals surface area contributed by atoms with E-state index in [-0.39, 0.29) is 34.8 Å². The molecule has 1 saturated heterocycles. The molecule has 2 aromatic rings. The number of nitrogens with one attached hydrogen (secondary N) is 2. The molecule has 4 amide bonds. The topological polar surface area (TPSA) is 121 Å². The first-order valence-corrected chi connectivity index (χ1v) is 13.1. The average molecular weight is 522 g/mol. The molecule has 3 heterocycles. The average Bonchev–Trinajstić information content (AvgIpc) is 2.92. The molecule has 1 aromatic heterocycles. The number of piperidine rings is 1. The van der Waals surface area contributed by atoms with Gasteiger partial charge in [-0.05, 0) is 61.4 Å². The van der Waals surface area contributed by atoms with Crippen molar-refractivity contribution < 1.29 is 19.2 Å². The largest absolute Gasteiger partial charge is 0.348 e. The summed E-state index contributed by atoms with van der Waals surface area (Å²) in [6.45, 7) is 5.63. The minimum absolute atomic E-state index is 0.0335. The molecule has 2 aliphatic rings. The third kappa shape index (κ3) is 5.95. The number of hydrogen-bond donors (Lipinski definition) is 2. The molecule has 0 radical (unpaired) electrons. The Morgan fingerprint density at radius 2 is 1.76 bits per heavy atom. The van der Waals surface area contributed by atoms with Crippen LogP contribution in [0.4, 0.5) is 11.4 Å². The van der Waals surface area contributed by atoms with Crippen LogP contribution in [0.1, 0.15) is 49.0 Å². The number of fused-ring (bicyclic) bond motifs is 1. The summed E-state index contributed by atoms with van der Waals surface area (Å²) in [5.41, 5.74) is 2.12. The number of amides is 4. The van der Waals surface area contributed by atoms with Gasteiger partial charge in [-0.1, -0.05) is 19.9 Å². The fraction of sp³-hybridized carbons (Fsp3) is 0.464. The number of rotatable bonds is 5. The molecule has 2 N–H and O–H groups in total. The number of hydrogen-bond acceptors (Lipinski definition) is 5. The molecular formula is C28H35N5O5. The van der Waals surface area contributed by atoms with Gasteiger partial charge < -0.3 is 25.0 Å². The first-order chi connectivity index (χ1) is 18.2. The maximum Gasteiger partial charge on any atom is 0.313 e. The highest BCUT2D eigenvalue weighted by molar-refractivity contribution is 6.39. The summed E-state index contributed by atoms with van der Waals surface area (Å²) in [6, 6.07) is 8.61. The van der Waals surface area contributed by atoms with Crippen LogP contribution in [0.15, 0.2) is 41.3 Å². The molecule has 0 saturated carbocycles. The van der Waals surface area contributed by atoms with Crippen LogP contribution in [0.3, 0.4) is 0 Å². The first kappa shape index (κ1) is 27.1. The number of nitrogens with zero attached hydrogens (tertiary/aromatic N) is 3. The van der Waals surface area contributed by atoms with Gasteiger partial charge in [-0.15, -0.1) is 0 Å². The van der Waals surface area contributed by atoms with E-state index in [9.17, 15) is 24.0 Å². The third-order valence-corrected chi connectivity index (χ3v) is 7.23. The number of aryl methyl sites for hydroxylation is 2. The van der Waals surface area contributed by atoms with E-state index in [0.717, 1.165) is 24.1 Å². The minimum Gasteiger partial charge on any atom is -0.348 e. The normalized spacial score (nSPS) is 15.7. The highest BCUT2D eigenvalue weighted by Crippen LogP contribution is 2.31. The van der Waals surface area contributed by atoms with E-state index in [4.69, 9.17) is 0 Å². The predicted molar refractivity (Wildman–Crippen MR) is 144 cm³/mol. The maximum atomic E-state index is 12.8. The second kappa shape index (κ2) is 11.6. The Bertz CT molecular complexity index is 1290. The Kier molecular flexibility index (Phi) is 8.29. The van der Waals surface area contributed by atoms with Gasteiger partial charge in [-0.25, -0.2) is 0 Å². The van der Waals surface area contributed by atoms with E-state index >= 15 is 0 Å². The fourth-order valence-electron chi connectivity index (χ4n) is 4.97. The summed E-state index contributed by atoms with van der Waals surface area (Å²) in [5.74, 6) is -1.77. The van der Waals surface area contributed by atoms with E-state index in [2.05, 4.69) is 10.6 Å². The van der Waals surface area contributed by atoms with Crippen molar-refractivity contribution in [2.45, 2.75) is 39.5 Å². The summed E-state index contributed by atoms with van der Waals surface area (Å²) >= 11 is 0. The van der Waals surface area contributed by atoms with E-state index in [1.807, 2.05) is 19.9 Å². The summed E-state index contributed by atoms with van der Waals surface area (Å²) in [5, 5.41) is 5.34. The summed E-state index contributed by atoms with van der Waals surface area (Å²) in [6.07, 6.45) is 4.67. The molecule has 0 spiro atoms. The van der Waals surface area contributed by atoms with Crippen LogP contribution < -0.4 is 21.1 Å². The fourth-order valence-corrected chi connectivity index (χ4v) is 4.97. The Hall–Kier alpha value is -3.95. The van der Waals surface area contributed by atoms with Crippen LogP contribution in [0.5, 0.6) is 0 Å². The standard InChI is InChI=1S/C28H35N5O5/c1-18(2)26(36)33-13-4-6-20-8-9-21(16-23(20)33)30-25(35)24(34)29-17-19-10-14-32(15-11-19)28(38)22-7-5-12-31(3)27(22)37/h5,7-9,12,16,18-19H,4,6,10-11,13-15,17H2,1-3H3,(H,29,34)(H,30,35). The number of pyridine rings is 1. The molecule has 202 valence electrons. The molecule has 38 heavy (non-hydrogen) atoms. The van der Waals surface area contributed by atoms with Gasteiger partial charge in [-0.3, -0.25) is 24.0 Å². The molecular weight excluding hydrogens is 486 g/mol. The van der Waals surface area contributed by atoms with Gasteiger partial charge in [0.2, 0.25) is 5.91 Å². The molecule has 0 bridgehead atoms. The lowest BCUT2D eigenvalue weighted by molar-refractivity contribution is -0.136. The van der Waals surface area contributed by atoms with Gasteiger partial charge in [0.1, 0.15) is 5.56 Å². The summed E-state index contributed by atoms with van der Waals surface area (Å²) in [7, 11) is 1.61. The number of likely N-dealkylation sites (tertiary alicyclic amines) is 1. The molecule has 1 fully saturated rings. The maximum absolute atomic E-state index is 12.8. The number of benzene rings is 1. The van der Waals surface area contributed by atoms with Gasteiger partial charge in [0.05, 0.1) is 0 Å². The Morgan fingerprint density at radius 3 is 2.47 bits per heavy atom. The Labute approximate surface area is 222 Å². The van der Waals surface area contributed by atoms with E-state index in [1.54, 1.807) is 41.2 Å². The summed E-state index contributed by atoms with van der Waals surface area (Å²) < 4.78 is 1.38. The van der Waals surface area contributed by atoms with E-state index < -0.39 is 11.8 Å². The van der Waals surface area contributed by atoms with Crippen LogP contribution in [0.25, 0.3) is 0 Å². The molecule has 4 rings (SSSR count). The Balaban J connectivity index is 1.28. The van der Waals surface area contributed by atoms with Crippen molar-refractivity contribution in [2.75, 3.05) is 36.4 Å². The lowest BCUT2D eigenvalue weighted by Crippen LogP contribution is -2.44. The van der Waals surface area contributed by atoms with Gasteiger partial charge in [0, 0.05) is 56.7 Å². The van der Waals surface area contributed by atoms with Crippen LogP contribution in [-0.2, 0) is 27.9 Å². The van der Waals surface area contributed by atoms with E-state index in [1.165, 1.54) is 10.6 Å². The van der Waals surface area contributed by atoms with E-state index in [0.29, 0.717) is 44.7 Å². The zero-order chi connectivity index (χ0) is 27.4. The highest BCUT2D eigenvalue weighted by atomic mass is 16.2. The van der Waals surface area contributed by atoms with Crippen molar-refractivity contribution in [2.24, 2.45) is 18.9 Å². The number of anilines is 2. The minimum atomic E-state index is -0.768. The van der Waals surface area contributed by atoms with Crippen molar-refractivity contribution in [3.8, 4) is 0 Å². The van der Waals surface area contributed by atoms with Gasteiger partial charge in [-0.2, -0.15) is 0 Å². The number of aromatic nitrogens is 1. The Morgan fingerprint density at radius 1 is 1.03 bits per heavy atom. The second-order valence-electron chi connectivity index (χ2n) is 10.3. The molecule has 10 nitrogen and oxygen atoms in total. The zero-order valence-corrected chi connectivity index (χ0v) is 22.2. The number of carbonyl (C=O) groups excluding carboxylic acids is 4.